The fraction of sp³-hybridized carbons (Fsp3) is 0.304. The summed E-state index contributed by atoms with van der Waals surface area (Å²) in [5.41, 5.74) is 0.446. The molecule has 4 rings (SSSR count). The van der Waals surface area contributed by atoms with Crippen LogP contribution in [0.1, 0.15) is 24.8 Å². The molecular formula is C23H20F5N5O2. The molecule has 184 valence electrons. The molecule has 35 heavy (non-hydrogen) atoms. The molecule has 1 aromatic carbocycles. The number of anilines is 1. The summed E-state index contributed by atoms with van der Waals surface area (Å²) in [5.74, 6) is -9.05. The van der Waals surface area contributed by atoms with Crippen LogP contribution in [0.15, 0.2) is 49.1 Å². The summed E-state index contributed by atoms with van der Waals surface area (Å²) in [6.07, 6.45) is 4.69. The summed E-state index contributed by atoms with van der Waals surface area (Å²) in [4.78, 5) is 26.1. The summed E-state index contributed by atoms with van der Waals surface area (Å²) in [5, 5.41) is 2.54. The highest BCUT2D eigenvalue weighted by Crippen LogP contribution is 2.40. The molecule has 1 aliphatic heterocycles. The van der Waals surface area contributed by atoms with Gasteiger partial charge in [-0.15, -0.1) is 0 Å². The lowest BCUT2D eigenvalue weighted by atomic mass is 9.87. The smallest absolute Gasteiger partial charge is 0.257 e. The minimum Gasteiger partial charge on any atom is -0.434 e. The Morgan fingerprint density at radius 3 is 2.51 bits per heavy atom. The summed E-state index contributed by atoms with van der Waals surface area (Å²) in [7, 11) is 0. The minimum atomic E-state index is -2.91. The molecule has 0 bridgehead atoms. The molecule has 0 unspecified atom stereocenters. The van der Waals surface area contributed by atoms with Crippen LogP contribution in [0.4, 0.5) is 27.8 Å². The van der Waals surface area contributed by atoms with E-state index in [1.54, 1.807) is 11.8 Å². The Morgan fingerprint density at radius 1 is 1.11 bits per heavy atom. The fourth-order valence-electron chi connectivity index (χ4n) is 3.75. The Bertz CT molecular complexity index is 1200. The van der Waals surface area contributed by atoms with E-state index in [1.165, 1.54) is 24.5 Å². The van der Waals surface area contributed by atoms with Crippen LogP contribution in [0.25, 0.3) is 0 Å². The topological polar surface area (TPSA) is 80.2 Å². The van der Waals surface area contributed by atoms with Crippen LogP contribution < -0.4 is 10.1 Å². The lowest BCUT2D eigenvalue weighted by Crippen LogP contribution is -2.52. The molecule has 7 nitrogen and oxygen atoms in total. The highest BCUT2D eigenvalue weighted by atomic mass is 19.3. The SMILES string of the molecule is C[C@@H](C(=O)Nc1cnc(Oc2cc(F)c(F)cc2F)cn1)N1CCC(F)(F)[C@@H](c2ccncc2)C1. The molecule has 0 aliphatic carbocycles. The number of amides is 1. The third-order valence-electron chi connectivity index (χ3n) is 5.76. The Kier molecular flexibility index (Phi) is 6.92. The van der Waals surface area contributed by atoms with Crippen molar-refractivity contribution in [2.45, 2.75) is 31.2 Å². The number of likely N-dealkylation sites (tertiary alicyclic amines) is 1. The van der Waals surface area contributed by atoms with Crippen molar-refractivity contribution in [1.82, 2.24) is 19.9 Å². The van der Waals surface area contributed by atoms with Gasteiger partial charge in [-0.05, 0) is 24.6 Å². The van der Waals surface area contributed by atoms with Crippen LogP contribution in [-0.4, -0.2) is 50.8 Å². The van der Waals surface area contributed by atoms with E-state index in [4.69, 9.17) is 4.74 Å². The van der Waals surface area contributed by atoms with Gasteiger partial charge in [0.2, 0.25) is 11.8 Å². The van der Waals surface area contributed by atoms with Gasteiger partial charge < -0.3 is 10.1 Å². The van der Waals surface area contributed by atoms with E-state index in [0.717, 1.165) is 12.4 Å². The monoisotopic (exact) mass is 493 g/mol. The zero-order valence-corrected chi connectivity index (χ0v) is 18.4. The maximum atomic E-state index is 14.6. The van der Waals surface area contributed by atoms with Gasteiger partial charge in [0.25, 0.3) is 5.92 Å². The summed E-state index contributed by atoms with van der Waals surface area (Å²) < 4.78 is 74.3. The molecule has 1 N–H and O–H groups in total. The van der Waals surface area contributed by atoms with Crippen molar-refractivity contribution >= 4 is 11.7 Å². The first-order valence-electron chi connectivity index (χ1n) is 10.6. The number of pyridine rings is 1. The van der Waals surface area contributed by atoms with Gasteiger partial charge in [-0.2, -0.15) is 0 Å². The number of aromatic nitrogens is 3. The maximum Gasteiger partial charge on any atom is 0.257 e. The van der Waals surface area contributed by atoms with Gasteiger partial charge in [-0.1, -0.05) is 0 Å². The number of carbonyl (C=O) groups is 1. The van der Waals surface area contributed by atoms with Crippen molar-refractivity contribution in [3.05, 3.63) is 72.1 Å². The lowest BCUT2D eigenvalue weighted by molar-refractivity contribution is -0.125. The van der Waals surface area contributed by atoms with Gasteiger partial charge in [-0.3, -0.25) is 14.7 Å². The number of ether oxygens (including phenoxy) is 1. The van der Waals surface area contributed by atoms with Gasteiger partial charge in [0, 0.05) is 44.0 Å². The van der Waals surface area contributed by atoms with Crippen molar-refractivity contribution in [1.29, 1.82) is 0 Å². The van der Waals surface area contributed by atoms with E-state index in [-0.39, 0.29) is 24.8 Å². The zero-order chi connectivity index (χ0) is 25.2. The second-order valence-electron chi connectivity index (χ2n) is 8.04. The molecule has 3 aromatic rings. The van der Waals surface area contributed by atoms with Crippen molar-refractivity contribution < 1.29 is 31.5 Å². The number of hydrogen-bond acceptors (Lipinski definition) is 6. The van der Waals surface area contributed by atoms with E-state index in [0.29, 0.717) is 17.7 Å². The van der Waals surface area contributed by atoms with Crippen molar-refractivity contribution in [3.8, 4) is 11.6 Å². The molecule has 2 atom stereocenters. The number of benzene rings is 1. The lowest BCUT2D eigenvalue weighted by Gasteiger charge is -2.40. The van der Waals surface area contributed by atoms with Crippen LogP contribution in [0.5, 0.6) is 11.6 Å². The molecule has 1 saturated heterocycles. The quantitative estimate of drug-likeness (QED) is 0.402. The number of nitrogens with one attached hydrogen (secondary N) is 1. The van der Waals surface area contributed by atoms with Crippen LogP contribution in [0.2, 0.25) is 0 Å². The van der Waals surface area contributed by atoms with Crippen molar-refractivity contribution in [3.63, 3.8) is 0 Å². The first kappa shape index (κ1) is 24.5. The number of nitrogens with zero attached hydrogens (tertiary/aromatic N) is 4. The first-order chi connectivity index (χ1) is 16.6. The first-order valence-corrected chi connectivity index (χ1v) is 10.6. The Morgan fingerprint density at radius 2 is 1.83 bits per heavy atom. The summed E-state index contributed by atoms with van der Waals surface area (Å²) >= 11 is 0. The molecule has 0 saturated carbocycles. The van der Waals surface area contributed by atoms with Crippen LogP contribution in [-0.2, 0) is 4.79 Å². The third kappa shape index (κ3) is 5.53. The fourth-order valence-corrected chi connectivity index (χ4v) is 3.75. The summed E-state index contributed by atoms with van der Waals surface area (Å²) in [6, 6.07) is 3.20. The maximum absolute atomic E-state index is 14.6. The van der Waals surface area contributed by atoms with E-state index >= 15 is 0 Å². The second-order valence-corrected chi connectivity index (χ2v) is 8.04. The third-order valence-corrected chi connectivity index (χ3v) is 5.76. The second kappa shape index (κ2) is 9.90. The molecule has 1 amide bonds. The van der Waals surface area contributed by atoms with E-state index in [2.05, 4.69) is 20.3 Å². The van der Waals surface area contributed by atoms with Crippen molar-refractivity contribution in [2.24, 2.45) is 0 Å². The standard InChI is InChI=1S/C23H20F5N5O2/c1-13(33-7-4-23(27,28)15(12-33)14-2-5-29-6-3-14)22(34)32-20-10-31-21(11-30-20)35-19-9-17(25)16(24)8-18(19)26/h2-3,5-6,8-11,13,15H,4,7,12H2,1H3,(H,30,32,34)/t13-,15+/m0/s1. The van der Waals surface area contributed by atoms with E-state index in [1.807, 2.05) is 0 Å². The molecule has 1 fully saturated rings. The van der Waals surface area contributed by atoms with Gasteiger partial charge in [0.05, 0.1) is 24.4 Å². The van der Waals surface area contributed by atoms with Crippen LogP contribution in [0.3, 0.4) is 0 Å². The molecule has 2 aromatic heterocycles. The zero-order valence-electron chi connectivity index (χ0n) is 18.4. The van der Waals surface area contributed by atoms with E-state index in [9.17, 15) is 26.7 Å². The largest absolute Gasteiger partial charge is 0.434 e. The number of rotatable bonds is 6. The molecule has 3 heterocycles. The molecule has 0 spiro atoms. The minimum absolute atomic E-state index is 0.0240. The predicted octanol–water partition coefficient (Wildman–Crippen LogP) is 4.53. The molecule has 0 radical (unpaired) electrons. The highest BCUT2D eigenvalue weighted by molar-refractivity contribution is 5.93. The van der Waals surface area contributed by atoms with Crippen LogP contribution in [0, 0.1) is 17.5 Å². The normalized spacial score (nSPS) is 18.6. The Balaban J connectivity index is 1.39. The van der Waals surface area contributed by atoms with Gasteiger partial charge in [-0.25, -0.2) is 31.9 Å². The molecule has 1 aliphatic rings. The van der Waals surface area contributed by atoms with Gasteiger partial charge in [0.1, 0.15) is 0 Å². The average Bonchev–Trinajstić information content (AvgIpc) is 2.83. The van der Waals surface area contributed by atoms with Gasteiger partial charge in [0.15, 0.2) is 29.0 Å². The highest BCUT2D eigenvalue weighted by Gasteiger charge is 2.46. The Hall–Kier alpha value is -3.67. The summed E-state index contributed by atoms with van der Waals surface area (Å²) in [6.45, 7) is 1.60. The predicted molar refractivity (Wildman–Crippen MR) is 115 cm³/mol. The number of carbonyl (C=O) groups excluding carboxylic acids is 1. The molecule has 12 heteroatoms. The number of piperidine rings is 1. The Labute approximate surface area is 197 Å². The molecular weight excluding hydrogens is 473 g/mol. The van der Waals surface area contributed by atoms with Crippen molar-refractivity contribution in [2.75, 3.05) is 18.4 Å². The number of alkyl halides is 2. The van der Waals surface area contributed by atoms with Gasteiger partial charge >= 0.3 is 0 Å². The van der Waals surface area contributed by atoms with E-state index < -0.39 is 53.4 Å². The average molecular weight is 493 g/mol. The number of halogens is 5. The number of hydrogen-bond donors (Lipinski definition) is 1. The van der Waals surface area contributed by atoms with Crippen LogP contribution >= 0.6 is 0 Å².